The van der Waals surface area contributed by atoms with Crippen molar-refractivity contribution in [3.63, 3.8) is 0 Å². The van der Waals surface area contributed by atoms with E-state index in [-0.39, 0.29) is 6.04 Å². The van der Waals surface area contributed by atoms with Crippen LogP contribution in [0.15, 0.2) is 17.5 Å². The molecular weight excluding hydrogens is 246 g/mol. The van der Waals surface area contributed by atoms with Crippen molar-refractivity contribution in [2.24, 2.45) is 0 Å². The quantitative estimate of drug-likeness (QED) is 0.887. The first-order valence-electron chi connectivity index (χ1n) is 6.65. The summed E-state index contributed by atoms with van der Waals surface area (Å²) in [6, 6.07) is 4.34. The van der Waals surface area contributed by atoms with E-state index in [0.29, 0.717) is 0 Å². The minimum absolute atomic E-state index is 0.204. The van der Waals surface area contributed by atoms with Gasteiger partial charge in [0.1, 0.15) is 5.54 Å². The molecule has 2 heterocycles. The van der Waals surface area contributed by atoms with Crippen LogP contribution >= 0.6 is 11.3 Å². The van der Waals surface area contributed by atoms with Gasteiger partial charge in [-0.2, -0.15) is 0 Å². The monoisotopic (exact) mass is 267 g/mol. The molecule has 1 aromatic rings. The van der Waals surface area contributed by atoms with Crippen LogP contribution < -0.4 is 0 Å². The van der Waals surface area contributed by atoms with E-state index in [1.54, 1.807) is 11.3 Å². The summed E-state index contributed by atoms with van der Waals surface area (Å²) in [6.45, 7) is 5.09. The number of aliphatic carboxylic acids is 1. The lowest BCUT2D eigenvalue weighted by Gasteiger charge is -2.38. The van der Waals surface area contributed by atoms with E-state index in [2.05, 4.69) is 30.2 Å². The lowest BCUT2D eigenvalue weighted by molar-refractivity contribution is -0.151. The van der Waals surface area contributed by atoms with E-state index < -0.39 is 11.5 Å². The number of hydrogen-bond acceptors (Lipinski definition) is 3. The van der Waals surface area contributed by atoms with Crippen LogP contribution in [-0.4, -0.2) is 28.1 Å². The fourth-order valence-electron chi connectivity index (χ4n) is 3.17. The number of thiophene rings is 1. The van der Waals surface area contributed by atoms with E-state index in [0.717, 1.165) is 32.2 Å². The summed E-state index contributed by atoms with van der Waals surface area (Å²) >= 11 is 1.71. The van der Waals surface area contributed by atoms with Crippen molar-refractivity contribution in [1.29, 1.82) is 0 Å². The normalized spacial score (nSPS) is 26.3. The third-order valence-corrected chi connectivity index (χ3v) is 5.07. The lowest BCUT2D eigenvalue weighted by Crippen LogP contribution is -2.51. The minimum Gasteiger partial charge on any atom is -0.480 e. The van der Waals surface area contributed by atoms with Crippen LogP contribution in [0.5, 0.6) is 0 Å². The third kappa shape index (κ3) is 2.19. The summed E-state index contributed by atoms with van der Waals surface area (Å²) in [4.78, 5) is 15.2. The van der Waals surface area contributed by atoms with Gasteiger partial charge < -0.3 is 5.11 Å². The molecule has 0 aliphatic carbocycles. The van der Waals surface area contributed by atoms with Crippen molar-refractivity contribution in [3.05, 3.63) is 22.4 Å². The van der Waals surface area contributed by atoms with Crippen LogP contribution in [0.1, 0.15) is 50.4 Å². The zero-order chi connectivity index (χ0) is 13.2. The van der Waals surface area contributed by atoms with Crippen molar-refractivity contribution in [2.75, 3.05) is 6.54 Å². The molecule has 4 heteroatoms. The molecule has 100 valence electrons. The van der Waals surface area contributed by atoms with Crippen LogP contribution in [0.3, 0.4) is 0 Å². The van der Waals surface area contributed by atoms with Crippen molar-refractivity contribution >= 4 is 17.3 Å². The van der Waals surface area contributed by atoms with Crippen LogP contribution in [0, 0.1) is 0 Å². The van der Waals surface area contributed by atoms with Gasteiger partial charge in [0.05, 0.1) is 0 Å². The summed E-state index contributed by atoms with van der Waals surface area (Å²) in [6.07, 6.45) is 3.44. The van der Waals surface area contributed by atoms with E-state index >= 15 is 0 Å². The number of carbonyl (C=O) groups is 1. The van der Waals surface area contributed by atoms with Gasteiger partial charge in [-0.3, -0.25) is 9.69 Å². The van der Waals surface area contributed by atoms with Gasteiger partial charge in [0.15, 0.2) is 0 Å². The van der Waals surface area contributed by atoms with E-state index in [9.17, 15) is 9.90 Å². The predicted molar refractivity (Wildman–Crippen MR) is 73.9 cm³/mol. The minimum atomic E-state index is -0.648. The molecule has 0 saturated carbocycles. The lowest BCUT2D eigenvalue weighted by atomic mass is 9.89. The molecule has 0 spiro atoms. The molecule has 1 aliphatic heterocycles. The fourth-order valence-corrected chi connectivity index (χ4v) is 3.96. The summed E-state index contributed by atoms with van der Waals surface area (Å²) in [7, 11) is 0. The highest BCUT2D eigenvalue weighted by molar-refractivity contribution is 7.10. The molecule has 0 radical (unpaired) electrons. The summed E-state index contributed by atoms with van der Waals surface area (Å²) in [5.41, 5.74) is -0.641. The number of likely N-dealkylation sites (tertiary alicyclic amines) is 1. The topological polar surface area (TPSA) is 40.5 Å². The molecule has 2 rings (SSSR count). The van der Waals surface area contributed by atoms with Crippen molar-refractivity contribution in [2.45, 2.75) is 51.1 Å². The van der Waals surface area contributed by atoms with Gasteiger partial charge in [0.2, 0.25) is 0 Å². The Balaban J connectivity index is 2.27. The van der Waals surface area contributed by atoms with Gasteiger partial charge in [-0.15, -0.1) is 11.3 Å². The van der Waals surface area contributed by atoms with E-state index in [4.69, 9.17) is 0 Å². The second-order valence-corrected chi connectivity index (χ2v) is 6.05. The second-order valence-electron chi connectivity index (χ2n) is 5.08. The molecule has 18 heavy (non-hydrogen) atoms. The van der Waals surface area contributed by atoms with Gasteiger partial charge in [0.25, 0.3) is 0 Å². The number of carboxylic acids is 1. The van der Waals surface area contributed by atoms with Gasteiger partial charge in [0, 0.05) is 10.9 Å². The average Bonchev–Trinajstić information content (AvgIpc) is 2.98. The molecule has 2 atom stereocenters. The van der Waals surface area contributed by atoms with E-state index in [1.165, 1.54) is 4.88 Å². The maximum Gasteiger partial charge on any atom is 0.324 e. The van der Waals surface area contributed by atoms with Crippen molar-refractivity contribution in [1.82, 2.24) is 4.90 Å². The Bertz CT molecular complexity index is 404. The summed E-state index contributed by atoms with van der Waals surface area (Å²) in [5.74, 6) is -0.648. The molecule has 1 fully saturated rings. The maximum atomic E-state index is 11.8. The zero-order valence-corrected chi connectivity index (χ0v) is 11.9. The van der Waals surface area contributed by atoms with E-state index in [1.807, 2.05) is 6.07 Å². The largest absolute Gasteiger partial charge is 0.480 e. The Labute approximate surface area is 112 Å². The number of hydrogen-bond donors (Lipinski definition) is 1. The molecule has 3 nitrogen and oxygen atoms in total. The highest BCUT2D eigenvalue weighted by atomic mass is 32.1. The van der Waals surface area contributed by atoms with Crippen molar-refractivity contribution in [3.8, 4) is 0 Å². The zero-order valence-electron chi connectivity index (χ0n) is 11.1. The molecule has 2 unspecified atom stereocenters. The standard InChI is InChI=1S/C14H21NO2S/c1-3-7-14(13(16)17)8-5-9-15(14)11(2)12-6-4-10-18-12/h4,6,10-11H,3,5,7-9H2,1-2H3,(H,16,17). The first-order valence-corrected chi connectivity index (χ1v) is 7.53. The third-order valence-electron chi connectivity index (χ3n) is 4.02. The molecule has 1 saturated heterocycles. The Morgan fingerprint density at radius 3 is 3.00 bits per heavy atom. The maximum absolute atomic E-state index is 11.8. The first kappa shape index (κ1) is 13.6. The summed E-state index contributed by atoms with van der Waals surface area (Å²) in [5, 5.41) is 11.7. The van der Waals surface area contributed by atoms with Gasteiger partial charge >= 0.3 is 5.97 Å². The molecule has 0 bridgehead atoms. The number of nitrogens with zero attached hydrogens (tertiary/aromatic N) is 1. The smallest absolute Gasteiger partial charge is 0.324 e. The van der Waals surface area contributed by atoms with Crippen LogP contribution in [0.25, 0.3) is 0 Å². The van der Waals surface area contributed by atoms with Crippen LogP contribution in [-0.2, 0) is 4.79 Å². The van der Waals surface area contributed by atoms with Gasteiger partial charge in [-0.05, 0) is 44.2 Å². The number of carboxylic acid groups (broad SMARTS) is 1. The van der Waals surface area contributed by atoms with Gasteiger partial charge in [-0.25, -0.2) is 0 Å². The molecule has 1 aromatic heterocycles. The molecular formula is C14H21NO2S. The Hall–Kier alpha value is -0.870. The fraction of sp³-hybridized carbons (Fsp3) is 0.643. The average molecular weight is 267 g/mol. The molecule has 0 aromatic carbocycles. The second kappa shape index (κ2) is 5.41. The highest BCUT2D eigenvalue weighted by Crippen LogP contribution is 2.41. The van der Waals surface area contributed by atoms with Crippen molar-refractivity contribution < 1.29 is 9.90 Å². The van der Waals surface area contributed by atoms with Gasteiger partial charge in [-0.1, -0.05) is 19.4 Å². The highest BCUT2D eigenvalue weighted by Gasteiger charge is 2.48. The first-order chi connectivity index (χ1) is 8.62. The Morgan fingerprint density at radius 1 is 1.67 bits per heavy atom. The molecule has 0 amide bonds. The number of rotatable bonds is 5. The molecule has 1 N–H and O–H groups in total. The Kier molecular flexibility index (Phi) is 4.07. The SMILES string of the molecule is CCCC1(C(=O)O)CCCN1C(C)c1cccs1. The predicted octanol–water partition coefficient (Wildman–Crippen LogP) is 3.53. The summed E-state index contributed by atoms with van der Waals surface area (Å²) < 4.78 is 0. The molecule has 1 aliphatic rings. The van der Waals surface area contributed by atoms with Crippen LogP contribution in [0.2, 0.25) is 0 Å². The van der Waals surface area contributed by atoms with Crippen LogP contribution in [0.4, 0.5) is 0 Å². The Morgan fingerprint density at radius 2 is 2.44 bits per heavy atom.